The molecule has 0 amide bonds. The van der Waals surface area contributed by atoms with E-state index >= 15 is 0 Å². The van der Waals surface area contributed by atoms with Crippen LogP contribution in [0.4, 0.5) is 0 Å². The first kappa shape index (κ1) is 12.6. The standard InChI is InChI=1S/C9H16N2O2S2/c1-7(2)10-4-8-5-11-9(14-8)6-15(3,12)13/h5,7,10H,4,6H2,1-3H3. The van der Waals surface area contributed by atoms with Crippen molar-refractivity contribution in [2.75, 3.05) is 6.26 Å². The minimum absolute atomic E-state index is 0.0410. The smallest absolute Gasteiger partial charge is 0.153 e. The highest BCUT2D eigenvalue weighted by molar-refractivity contribution is 7.90. The Hall–Kier alpha value is -0.460. The van der Waals surface area contributed by atoms with Crippen LogP contribution in [0.1, 0.15) is 23.7 Å². The number of hydrogen-bond acceptors (Lipinski definition) is 5. The van der Waals surface area contributed by atoms with Gasteiger partial charge in [-0.1, -0.05) is 13.8 Å². The van der Waals surface area contributed by atoms with Gasteiger partial charge in [0.2, 0.25) is 0 Å². The normalized spacial score (nSPS) is 12.3. The van der Waals surface area contributed by atoms with Gasteiger partial charge in [0.15, 0.2) is 9.84 Å². The van der Waals surface area contributed by atoms with Crippen molar-refractivity contribution in [2.24, 2.45) is 0 Å². The number of rotatable bonds is 5. The Morgan fingerprint density at radius 2 is 2.20 bits per heavy atom. The Balaban J connectivity index is 2.57. The third-order valence-corrected chi connectivity index (χ3v) is 3.65. The second kappa shape index (κ2) is 5.05. The second-order valence-corrected chi connectivity index (χ2v) is 7.17. The molecule has 15 heavy (non-hydrogen) atoms. The van der Waals surface area contributed by atoms with Gasteiger partial charge in [0.25, 0.3) is 0 Å². The molecule has 0 saturated heterocycles. The topological polar surface area (TPSA) is 59.1 Å². The predicted molar refractivity (Wildman–Crippen MR) is 62.6 cm³/mol. The summed E-state index contributed by atoms with van der Waals surface area (Å²) in [6.45, 7) is 4.88. The molecule has 1 heterocycles. The summed E-state index contributed by atoms with van der Waals surface area (Å²) in [5, 5.41) is 3.92. The minimum atomic E-state index is -2.97. The van der Waals surface area contributed by atoms with Crippen LogP contribution in [0.2, 0.25) is 0 Å². The van der Waals surface area contributed by atoms with Gasteiger partial charge in [0, 0.05) is 29.9 Å². The molecule has 1 N–H and O–H groups in total. The molecule has 0 saturated carbocycles. The SMILES string of the molecule is CC(C)NCc1cnc(CS(C)(=O)=O)s1. The Morgan fingerprint density at radius 3 is 2.73 bits per heavy atom. The molecule has 4 nitrogen and oxygen atoms in total. The summed E-state index contributed by atoms with van der Waals surface area (Å²) >= 11 is 1.45. The van der Waals surface area contributed by atoms with E-state index in [2.05, 4.69) is 24.1 Å². The number of sulfone groups is 1. The zero-order valence-electron chi connectivity index (χ0n) is 9.15. The van der Waals surface area contributed by atoms with Gasteiger partial charge in [-0.25, -0.2) is 13.4 Å². The van der Waals surface area contributed by atoms with Gasteiger partial charge < -0.3 is 5.32 Å². The fourth-order valence-electron chi connectivity index (χ4n) is 1.03. The van der Waals surface area contributed by atoms with E-state index in [4.69, 9.17) is 0 Å². The van der Waals surface area contributed by atoms with Crippen molar-refractivity contribution < 1.29 is 8.42 Å². The van der Waals surface area contributed by atoms with Crippen molar-refractivity contribution in [3.8, 4) is 0 Å². The summed E-state index contributed by atoms with van der Waals surface area (Å²) in [6.07, 6.45) is 2.96. The van der Waals surface area contributed by atoms with Crippen LogP contribution in [0.15, 0.2) is 6.20 Å². The quantitative estimate of drug-likeness (QED) is 0.850. The Kier molecular flexibility index (Phi) is 4.24. The maximum Gasteiger partial charge on any atom is 0.153 e. The first-order valence-electron chi connectivity index (χ1n) is 4.71. The van der Waals surface area contributed by atoms with Crippen molar-refractivity contribution in [3.05, 3.63) is 16.1 Å². The number of aromatic nitrogens is 1. The van der Waals surface area contributed by atoms with Gasteiger partial charge in [-0.2, -0.15) is 0 Å². The van der Waals surface area contributed by atoms with Crippen molar-refractivity contribution in [2.45, 2.75) is 32.2 Å². The summed E-state index contributed by atoms with van der Waals surface area (Å²) in [4.78, 5) is 5.15. The molecule has 86 valence electrons. The molecule has 1 aromatic rings. The lowest BCUT2D eigenvalue weighted by Crippen LogP contribution is -2.21. The fourth-order valence-corrected chi connectivity index (χ4v) is 3.10. The van der Waals surface area contributed by atoms with Gasteiger partial charge in [-0.3, -0.25) is 0 Å². The van der Waals surface area contributed by atoms with E-state index in [9.17, 15) is 8.42 Å². The number of thiazole rings is 1. The van der Waals surface area contributed by atoms with E-state index < -0.39 is 9.84 Å². The molecule has 0 aromatic carbocycles. The Morgan fingerprint density at radius 1 is 1.53 bits per heavy atom. The van der Waals surface area contributed by atoms with E-state index in [1.165, 1.54) is 17.6 Å². The molecule has 6 heteroatoms. The van der Waals surface area contributed by atoms with Gasteiger partial charge in [-0.15, -0.1) is 11.3 Å². The second-order valence-electron chi connectivity index (χ2n) is 3.83. The molecule has 0 unspecified atom stereocenters. The third kappa shape index (κ3) is 5.25. The molecule has 0 fully saturated rings. The first-order chi connectivity index (χ1) is 6.87. The highest BCUT2D eigenvalue weighted by Gasteiger charge is 2.08. The summed E-state index contributed by atoms with van der Waals surface area (Å²) in [5.41, 5.74) is 0. The van der Waals surface area contributed by atoms with Crippen molar-refractivity contribution >= 4 is 21.2 Å². The summed E-state index contributed by atoms with van der Waals surface area (Å²) in [5.74, 6) is 0.0410. The summed E-state index contributed by atoms with van der Waals surface area (Å²) < 4.78 is 22.1. The molecule has 0 spiro atoms. The van der Waals surface area contributed by atoms with Crippen molar-refractivity contribution in [1.82, 2.24) is 10.3 Å². The molecule has 0 aliphatic rings. The zero-order chi connectivity index (χ0) is 11.5. The maximum atomic E-state index is 11.0. The lowest BCUT2D eigenvalue weighted by atomic mass is 10.4. The zero-order valence-corrected chi connectivity index (χ0v) is 10.8. The average Bonchev–Trinajstić information content (AvgIpc) is 2.45. The summed E-state index contributed by atoms with van der Waals surface area (Å²) in [6, 6.07) is 0.422. The molecule has 0 aliphatic carbocycles. The fraction of sp³-hybridized carbons (Fsp3) is 0.667. The largest absolute Gasteiger partial charge is 0.310 e. The number of nitrogens with one attached hydrogen (secondary N) is 1. The van der Waals surface area contributed by atoms with Crippen LogP contribution >= 0.6 is 11.3 Å². The van der Waals surface area contributed by atoms with E-state index in [-0.39, 0.29) is 5.75 Å². The molecule has 0 aliphatic heterocycles. The monoisotopic (exact) mass is 248 g/mol. The lowest BCUT2D eigenvalue weighted by Gasteiger charge is -2.04. The van der Waals surface area contributed by atoms with E-state index in [0.29, 0.717) is 11.0 Å². The van der Waals surface area contributed by atoms with Crippen LogP contribution in [-0.4, -0.2) is 25.7 Å². The van der Waals surface area contributed by atoms with Gasteiger partial charge >= 0.3 is 0 Å². The minimum Gasteiger partial charge on any atom is -0.310 e. The highest BCUT2D eigenvalue weighted by Crippen LogP contribution is 2.15. The summed E-state index contributed by atoms with van der Waals surface area (Å²) in [7, 11) is -2.97. The van der Waals surface area contributed by atoms with Crippen LogP contribution in [0.25, 0.3) is 0 Å². The molecule has 0 radical (unpaired) electrons. The van der Waals surface area contributed by atoms with Crippen molar-refractivity contribution in [3.63, 3.8) is 0 Å². The van der Waals surface area contributed by atoms with Crippen LogP contribution in [0.3, 0.4) is 0 Å². The molecular formula is C9H16N2O2S2. The maximum absolute atomic E-state index is 11.0. The van der Waals surface area contributed by atoms with Gasteiger partial charge in [0.05, 0.1) is 0 Å². The molecule has 1 aromatic heterocycles. The molecule has 0 atom stereocenters. The van der Waals surface area contributed by atoms with Gasteiger partial charge in [0.1, 0.15) is 10.8 Å². The number of hydrogen-bond donors (Lipinski definition) is 1. The van der Waals surface area contributed by atoms with E-state index in [1.807, 2.05) is 0 Å². The van der Waals surface area contributed by atoms with Crippen molar-refractivity contribution in [1.29, 1.82) is 0 Å². The molecule has 1 rings (SSSR count). The van der Waals surface area contributed by atoms with Crippen LogP contribution < -0.4 is 5.32 Å². The predicted octanol–water partition coefficient (Wildman–Crippen LogP) is 1.19. The lowest BCUT2D eigenvalue weighted by molar-refractivity contribution is 0.593. The number of nitrogens with zero attached hydrogens (tertiary/aromatic N) is 1. The van der Waals surface area contributed by atoms with Crippen LogP contribution in [-0.2, 0) is 22.1 Å². The molecule has 0 bridgehead atoms. The Bertz CT molecular complexity index is 410. The highest BCUT2D eigenvalue weighted by atomic mass is 32.2. The average molecular weight is 248 g/mol. The third-order valence-electron chi connectivity index (χ3n) is 1.67. The van der Waals surface area contributed by atoms with Crippen LogP contribution in [0.5, 0.6) is 0 Å². The Labute approximate surface area is 94.7 Å². The van der Waals surface area contributed by atoms with Crippen LogP contribution in [0, 0.1) is 0 Å². The first-order valence-corrected chi connectivity index (χ1v) is 7.59. The van der Waals surface area contributed by atoms with Gasteiger partial charge in [-0.05, 0) is 0 Å². The van der Waals surface area contributed by atoms with E-state index in [1.54, 1.807) is 6.20 Å². The van der Waals surface area contributed by atoms with E-state index in [0.717, 1.165) is 11.4 Å². The molecular weight excluding hydrogens is 232 g/mol.